The predicted molar refractivity (Wildman–Crippen MR) is 101 cm³/mol. The zero-order valence-electron chi connectivity index (χ0n) is 15.3. The Morgan fingerprint density at radius 1 is 1.42 bits per heavy atom. The van der Waals surface area contributed by atoms with Crippen LogP contribution in [0.5, 0.6) is 0 Å². The predicted octanol–water partition coefficient (Wildman–Crippen LogP) is 3.67. The van der Waals surface area contributed by atoms with Crippen LogP contribution in [0.1, 0.15) is 36.8 Å². The van der Waals surface area contributed by atoms with E-state index in [4.69, 9.17) is 0 Å². The normalized spacial score (nSPS) is 18.3. The number of hydrogen-bond acceptors (Lipinski definition) is 2. The molecule has 1 heterocycles. The number of aryl methyl sites for hydroxylation is 1. The molecule has 2 rings (SSSR count). The Kier molecular flexibility index (Phi) is 7.51. The van der Waals surface area contributed by atoms with Crippen LogP contribution >= 0.6 is 0 Å². The van der Waals surface area contributed by atoms with E-state index in [9.17, 15) is 4.79 Å². The lowest BCUT2D eigenvalue weighted by molar-refractivity contribution is -0.130. The molecule has 1 aromatic carbocycles. The van der Waals surface area contributed by atoms with Crippen molar-refractivity contribution in [3.05, 3.63) is 48.0 Å². The van der Waals surface area contributed by atoms with E-state index < -0.39 is 0 Å². The molecule has 0 unspecified atom stereocenters. The Morgan fingerprint density at radius 2 is 2.21 bits per heavy atom. The lowest BCUT2D eigenvalue weighted by atomic mass is 9.96. The summed E-state index contributed by atoms with van der Waals surface area (Å²) in [6, 6.07) is 8.67. The molecule has 0 aromatic heterocycles. The molecule has 1 aliphatic heterocycles. The third-order valence-corrected chi connectivity index (χ3v) is 5.08. The molecule has 132 valence electrons. The highest BCUT2D eigenvalue weighted by Crippen LogP contribution is 2.19. The van der Waals surface area contributed by atoms with Crippen molar-refractivity contribution in [1.29, 1.82) is 0 Å². The first kappa shape index (κ1) is 18.7. The van der Waals surface area contributed by atoms with Crippen molar-refractivity contribution in [1.82, 2.24) is 9.80 Å². The summed E-state index contributed by atoms with van der Waals surface area (Å²) in [7, 11) is 1.94. The van der Waals surface area contributed by atoms with E-state index in [0.717, 1.165) is 32.5 Å². The Balaban J connectivity index is 1.78. The number of nitrogens with zero attached hydrogens (tertiary/aromatic N) is 2. The highest BCUT2D eigenvalue weighted by Gasteiger charge is 2.22. The van der Waals surface area contributed by atoms with Crippen LogP contribution in [0.25, 0.3) is 0 Å². The number of benzene rings is 1. The number of piperidine rings is 1. The second-order valence-electron chi connectivity index (χ2n) is 7.09. The number of carbonyl (C=O) groups is 1. The van der Waals surface area contributed by atoms with Gasteiger partial charge < -0.3 is 9.80 Å². The summed E-state index contributed by atoms with van der Waals surface area (Å²) in [5.74, 6) is 0.847. The van der Waals surface area contributed by atoms with Crippen LogP contribution in [0.2, 0.25) is 0 Å². The molecule has 3 nitrogen and oxygen atoms in total. The van der Waals surface area contributed by atoms with Crippen molar-refractivity contribution in [3.63, 3.8) is 0 Å². The number of allylic oxidation sites excluding steroid dienone is 1. The minimum Gasteiger partial charge on any atom is -0.345 e. The van der Waals surface area contributed by atoms with Gasteiger partial charge in [0.05, 0.1) is 0 Å². The Labute approximate surface area is 147 Å². The Morgan fingerprint density at radius 3 is 2.96 bits per heavy atom. The van der Waals surface area contributed by atoms with Gasteiger partial charge in [0.1, 0.15) is 0 Å². The largest absolute Gasteiger partial charge is 0.345 e. The maximum Gasteiger partial charge on any atom is 0.222 e. The van der Waals surface area contributed by atoms with E-state index in [2.05, 4.69) is 42.7 Å². The monoisotopic (exact) mass is 328 g/mol. The van der Waals surface area contributed by atoms with Gasteiger partial charge in [-0.05, 0) is 56.2 Å². The van der Waals surface area contributed by atoms with Crippen molar-refractivity contribution in [2.24, 2.45) is 5.92 Å². The Hall–Kier alpha value is -1.61. The summed E-state index contributed by atoms with van der Waals surface area (Å²) in [5, 5.41) is 0. The molecule has 1 saturated heterocycles. The number of likely N-dealkylation sites (tertiary alicyclic amines) is 1. The third-order valence-electron chi connectivity index (χ3n) is 5.08. The van der Waals surface area contributed by atoms with E-state index in [0.29, 0.717) is 12.3 Å². The quantitative estimate of drug-likeness (QED) is 0.680. The number of hydrogen-bond donors (Lipinski definition) is 0. The zero-order valence-corrected chi connectivity index (χ0v) is 15.3. The maximum atomic E-state index is 12.1. The van der Waals surface area contributed by atoms with Crippen LogP contribution in [0.3, 0.4) is 0 Å². The molecule has 1 atom stereocenters. The van der Waals surface area contributed by atoms with Crippen LogP contribution in [0.4, 0.5) is 0 Å². The summed E-state index contributed by atoms with van der Waals surface area (Å²) in [4.78, 5) is 16.6. The summed E-state index contributed by atoms with van der Waals surface area (Å²) in [5.41, 5.74) is 2.84. The van der Waals surface area contributed by atoms with E-state index in [1.54, 1.807) is 0 Å². The molecule has 0 spiro atoms. The van der Waals surface area contributed by atoms with Gasteiger partial charge in [-0.3, -0.25) is 4.79 Å². The van der Waals surface area contributed by atoms with Crippen molar-refractivity contribution in [2.45, 2.75) is 39.0 Å². The molecular weight excluding hydrogens is 296 g/mol. The van der Waals surface area contributed by atoms with Crippen molar-refractivity contribution in [2.75, 3.05) is 33.2 Å². The number of carbonyl (C=O) groups excluding carboxylic acids is 1. The van der Waals surface area contributed by atoms with Gasteiger partial charge in [0.2, 0.25) is 5.91 Å². The molecule has 1 fully saturated rings. The van der Waals surface area contributed by atoms with Gasteiger partial charge in [-0.1, -0.05) is 30.3 Å². The van der Waals surface area contributed by atoms with E-state index in [1.165, 1.54) is 30.5 Å². The molecule has 0 saturated carbocycles. The van der Waals surface area contributed by atoms with Gasteiger partial charge in [0.15, 0.2) is 0 Å². The summed E-state index contributed by atoms with van der Waals surface area (Å²) >= 11 is 0. The standard InChI is InChI=1S/C21H32N2O/c1-4-5-12-21(24)22(3)16-19-10-8-14-23(17-19)15-13-20-11-7-6-9-18(20)2/h4,6-7,9,11,19H,1,5,8,10,12-17H2,2-3H3/t19-/m0/s1. The van der Waals surface area contributed by atoms with Crippen molar-refractivity contribution in [3.8, 4) is 0 Å². The molecule has 0 aliphatic carbocycles. The van der Waals surface area contributed by atoms with Crippen LogP contribution < -0.4 is 0 Å². The SMILES string of the molecule is C=CCCC(=O)N(C)C[C@@H]1CCCN(CCc2ccccc2C)C1. The fraction of sp³-hybridized carbons (Fsp3) is 0.571. The Bertz CT molecular complexity index is 540. The molecule has 1 aliphatic rings. The van der Waals surface area contributed by atoms with Crippen LogP contribution in [-0.4, -0.2) is 48.9 Å². The molecule has 24 heavy (non-hydrogen) atoms. The molecule has 0 N–H and O–H groups in total. The first-order valence-electron chi connectivity index (χ1n) is 9.22. The van der Waals surface area contributed by atoms with E-state index >= 15 is 0 Å². The van der Waals surface area contributed by atoms with Crippen LogP contribution in [-0.2, 0) is 11.2 Å². The van der Waals surface area contributed by atoms with Gasteiger partial charge in [-0.15, -0.1) is 6.58 Å². The third kappa shape index (κ3) is 5.79. The molecule has 1 aromatic rings. The van der Waals surface area contributed by atoms with E-state index in [1.807, 2.05) is 18.0 Å². The first-order chi connectivity index (χ1) is 11.6. The molecular formula is C21H32N2O. The van der Waals surface area contributed by atoms with E-state index in [-0.39, 0.29) is 5.91 Å². The van der Waals surface area contributed by atoms with Crippen molar-refractivity contribution >= 4 is 5.91 Å². The second kappa shape index (κ2) is 9.63. The minimum atomic E-state index is 0.243. The zero-order chi connectivity index (χ0) is 17.4. The highest BCUT2D eigenvalue weighted by molar-refractivity contribution is 5.75. The van der Waals surface area contributed by atoms with Crippen molar-refractivity contribution < 1.29 is 4.79 Å². The number of rotatable bonds is 8. The lowest BCUT2D eigenvalue weighted by Crippen LogP contribution is -2.42. The molecule has 0 radical (unpaired) electrons. The van der Waals surface area contributed by atoms with Gasteiger partial charge in [-0.2, -0.15) is 0 Å². The molecule has 1 amide bonds. The number of amides is 1. The summed E-state index contributed by atoms with van der Waals surface area (Å²) in [6.07, 6.45) is 6.78. The van der Waals surface area contributed by atoms with Gasteiger partial charge in [0, 0.05) is 33.1 Å². The topological polar surface area (TPSA) is 23.6 Å². The summed E-state index contributed by atoms with van der Waals surface area (Å²) < 4.78 is 0. The summed E-state index contributed by atoms with van der Waals surface area (Å²) in [6.45, 7) is 10.2. The fourth-order valence-electron chi connectivity index (χ4n) is 3.58. The lowest BCUT2D eigenvalue weighted by Gasteiger charge is -2.35. The average molecular weight is 329 g/mol. The van der Waals surface area contributed by atoms with Crippen LogP contribution in [0.15, 0.2) is 36.9 Å². The van der Waals surface area contributed by atoms with Crippen LogP contribution in [0, 0.1) is 12.8 Å². The smallest absolute Gasteiger partial charge is 0.222 e. The second-order valence-corrected chi connectivity index (χ2v) is 7.09. The molecule has 3 heteroatoms. The van der Waals surface area contributed by atoms with Gasteiger partial charge in [0.25, 0.3) is 0 Å². The molecule has 0 bridgehead atoms. The van der Waals surface area contributed by atoms with Gasteiger partial charge in [-0.25, -0.2) is 0 Å². The average Bonchev–Trinajstić information content (AvgIpc) is 2.59. The fourth-order valence-corrected chi connectivity index (χ4v) is 3.58. The minimum absolute atomic E-state index is 0.243. The van der Waals surface area contributed by atoms with Gasteiger partial charge >= 0.3 is 0 Å². The highest BCUT2D eigenvalue weighted by atomic mass is 16.2. The first-order valence-corrected chi connectivity index (χ1v) is 9.22. The maximum absolute atomic E-state index is 12.1.